The molecule has 0 aliphatic heterocycles. The summed E-state index contributed by atoms with van der Waals surface area (Å²) in [6, 6.07) is 13.8. The summed E-state index contributed by atoms with van der Waals surface area (Å²) < 4.78 is 1.98. The Bertz CT molecular complexity index is 546. The van der Waals surface area contributed by atoms with Crippen molar-refractivity contribution in [1.29, 1.82) is 0 Å². The quantitative estimate of drug-likeness (QED) is 0.835. The Kier molecular flexibility index (Phi) is 4.36. The van der Waals surface area contributed by atoms with Crippen molar-refractivity contribution in [2.75, 3.05) is 6.61 Å². The topological polar surface area (TPSA) is 62.5 Å². The zero-order chi connectivity index (χ0) is 13.7. The maximum atomic E-state index is 10.7. The number of carbonyl (C=O) groups is 1. The van der Waals surface area contributed by atoms with E-state index in [1.54, 1.807) is 0 Å². The standard InChI is InChI=1S/C15H17NO3/c17-11-10-16-13(7-9-15(18)19)6-8-14(16)12-4-2-1-3-5-12/h1-6,8,17H,7,9-11H2,(H,18,19). The molecule has 0 fully saturated rings. The van der Waals surface area contributed by atoms with E-state index in [1.807, 2.05) is 47.0 Å². The van der Waals surface area contributed by atoms with Crippen LogP contribution in [0.2, 0.25) is 0 Å². The van der Waals surface area contributed by atoms with E-state index in [0.29, 0.717) is 13.0 Å². The van der Waals surface area contributed by atoms with Crippen molar-refractivity contribution in [1.82, 2.24) is 4.57 Å². The van der Waals surface area contributed by atoms with Gasteiger partial charge in [0.05, 0.1) is 13.0 Å². The Balaban J connectivity index is 2.31. The average Bonchev–Trinajstić information content (AvgIpc) is 2.81. The lowest BCUT2D eigenvalue weighted by Gasteiger charge is -2.12. The minimum absolute atomic E-state index is 0.0363. The fourth-order valence-corrected chi connectivity index (χ4v) is 2.19. The van der Waals surface area contributed by atoms with E-state index >= 15 is 0 Å². The Morgan fingerprint density at radius 3 is 2.47 bits per heavy atom. The van der Waals surface area contributed by atoms with Crippen molar-refractivity contribution in [2.45, 2.75) is 19.4 Å². The fraction of sp³-hybridized carbons (Fsp3) is 0.267. The van der Waals surface area contributed by atoms with Crippen LogP contribution in [0.5, 0.6) is 0 Å². The summed E-state index contributed by atoms with van der Waals surface area (Å²) in [6.07, 6.45) is 0.575. The van der Waals surface area contributed by atoms with Crippen LogP contribution in [0.25, 0.3) is 11.3 Å². The summed E-state index contributed by atoms with van der Waals surface area (Å²) in [5, 5.41) is 17.9. The third-order valence-electron chi connectivity index (χ3n) is 3.06. The van der Waals surface area contributed by atoms with Gasteiger partial charge in [-0.3, -0.25) is 4.79 Å². The maximum Gasteiger partial charge on any atom is 0.303 e. The Labute approximate surface area is 111 Å². The van der Waals surface area contributed by atoms with Crippen molar-refractivity contribution in [3.63, 3.8) is 0 Å². The zero-order valence-corrected chi connectivity index (χ0v) is 10.6. The van der Waals surface area contributed by atoms with Gasteiger partial charge in [0.1, 0.15) is 0 Å². The third-order valence-corrected chi connectivity index (χ3v) is 3.06. The Hall–Kier alpha value is -2.07. The highest BCUT2D eigenvalue weighted by Crippen LogP contribution is 2.23. The summed E-state index contributed by atoms with van der Waals surface area (Å²) in [4.78, 5) is 10.7. The number of carboxylic acids is 1. The Morgan fingerprint density at radius 1 is 1.11 bits per heavy atom. The smallest absolute Gasteiger partial charge is 0.303 e. The zero-order valence-electron chi connectivity index (χ0n) is 10.6. The van der Waals surface area contributed by atoms with Crippen LogP contribution in [0.1, 0.15) is 12.1 Å². The number of nitrogens with zero attached hydrogens (tertiary/aromatic N) is 1. The van der Waals surface area contributed by atoms with E-state index in [0.717, 1.165) is 17.0 Å². The predicted octanol–water partition coefficient (Wildman–Crippen LogP) is 2.16. The van der Waals surface area contributed by atoms with E-state index < -0.39 is 5.97 Å². The first kappa shape index (κ1) is 13.4. The maximum absolute atomic E-state index is 10.7. The number of aryl methyl sites for hydroxylation is 1. The number of rotatable bonds is 6. The molecule has 1 aromatic carbocycles. The average molecular weight is 259 g/mol. The molecule has 0 atom stereocenters. The van der Waals surface area contributed by atoms with Crippen LogP contribution in [-0.2, 0) is 17.8 Å². The molecule has 0 unspecified atom stereocenters. The van der Waals surface area contributed by atoms with Gasteiger partial charge in [-0.15, -0.1) is 0 Å². The molecular weight excluding hydrogens is 242 g/mol. The molecule has 2 N–H and O–H groups in total. The second kappa shape index (κ2) is 6.20. The lowest BCUT2D eigenvalue weighted by atomic mass is 10.1. The van der Waals surface area contributed by atoms with Gasteiger partial charge >= 0.3 is 5.97 Å². The number of hydrogen-bond donors (Lipinski definition) is 2. The van der Waals surface area contributed by atoms with Crippen molar-refractivity contribution < 1.29 is 15.0 Å². The number of aliphatic hydroxyl groups excluding tert-OH is 1. The summed E-state index contributed by atoms with van der Waals surface area (Å²) in [6.45, 7) is 0.515. The first-order valence-electron chi connectivity index (χ1n) is 6.29. The van der Waals surface area contributed by atoms with Crippen LogP contribution in [0.15, 0.2) is 42.5 Å². The lowest BCUT2D eigenvalue weighted by molar-refractivity contribution is -0.136. The van der Waals surface area contributed by atoms with Gasteiger partial charge in [-0.25, -0.2) is 0 Å². The first-order valence-corrected chi connectivity index (χ1v) is 6.29. The van der Waals surface area contributed by atoms with Crippen molar-refractivity contribution in [2.24, 2.45) is 0 Å². The van der Waals surface area contributed by atoms with Gasteiger partial charge in [-0.2, -0.15) is 0 Å². The summed E-state index contributed by atoms with van der Waals surface area (Å²) >= 11 is 0. The molecule has 0 saturated carbocycles. The molecule has 2 rings (SSSR count). The number of carboxylic acid groups (broad SMARTS) is 1. The van der Waals surface area contributed by atoms with Crippen LogP contribution < -0.4 is 0 Å². The van der Waals surface area contributed by atoms with Crippen LogP contribution in [-0.4, -0.2) is 27.4 Å². The van der Waals surface area contributed by atoms with Crippen LogP contribution in [0, 0.1) is 0 Å². The van der Waals surface area contributed by atoms with Crippen molar-refractivity contribution in [3.8, 4) is 11.3 Å². The molecule has 4 nitrogen and oxygen atoms in total. The van der Waals surface area contributed by atoms with E-state index in [4.69, 9.17) is 5.11 Å². The van der Waals surface area contributed by atoms with Crippen molar-refractivity contribution >= 4 is 5.97 Å². The van der Waals surface area contributed by atoms with Gasteiger partial charge < -0.3 is 14.8 Å². The highest BCUT2D eigenvalue weighted by atomic mass is 16.4. The van der Waals surface area contributed by atoms with Crippen LogP contribution in [0.4, 0.5) is 0 Å². The van der Waals surface area contributed by atoms with Gasteiger partial charge in [0.25, 0.3) is 0 Å². The van der Waals surface area contributed by atoms with Gasteiger partial charge in [0, 0.05) is 17.9 Å². The molecule has 0 spiro atoms. The van der Waals surface area contributed by atoms with Gasteiger partial charge in [-0.1, -0.05) is 30.3 Å². The fourth-order valence-electron chi connectivity index (χ4n) is 2.19. The molecule has 19 heavy (non-hydrogen) atoms. The highest BCUT2D eigenvalue weighted by molar-refractivity contribution is 5.67. The first-order chi connectivity index (χ1) is 9.22. The third kappa shape index (κ3) is 3.23. The largest absolute Gasteiger partial charge is 0.481 e. The molecule has 4 heteroatoms. The summed E-state index contributed by atoms with van der Waals surface area (Å²) in [7, 11) is 0. The predicted molar refractivity (Wildman–Crippen MR) is 72.9 cm³/mol. The molecule has 2 aromatic rings. The minimum Gasteiger partial charge on any atom is -0.481 e. The molecule has 1 aromatic heterocycles. The van der Waals surface area contributed by atoms with E-state index in [-0.39, 0.29) is 13.0 Å². The van der Waals surface area contributed by atoms with Gasteiger partial charge in [0.15, 0.2) is 0 Å². The number of aliphatic hydroxyl groups is 1. The second-order valence-electron chi connectivity index (χ2n) is 4.34. The molecular formula is C15H17NO3. The van der Waals surface area contributed by atoms with E-state index in [1.165, 1.54) is 0 Å². The van der Waals surface area contributed by atoms with Crippen molar-refractivity contribution in [3.05, 3.63) is 48.2 Å². The number of hydrogen-bond acceptors (Lipinski definition) is 2. The van der Waals surface area contributed by atoms with E-state index in [2.05, 4.69) is 0 Å². The SMILES string of the molecule is O=C(O)CCc1ccc(-c2ccccc2)n1CCO. The molecule has 0 aliphatic carbocycles. The van der Waals surface area contributed by atoms with Gasteiger partial charge in [-0.05, 0) is 24.1 Å². The van der Waals surface area contributed by atoms with Crippen LogP contribution >= 0.6 is 0 Å². The normalized spacial score (nSPS) is 10.6. The summed E-state index contributed by atoms with van der Waals surface area (Å²) in [5.41, 5.74) is 3.02. The monoisotopic (exact) mass is 259 g/mol. The van der Waals surface area contributed by atoms with Gasteiger partial charge in [0.2, 0.25) is 0 Å². The molecule has 100 valence electrons. The number of benzene rings is 1. The lowest BCUT2D eigenvalue weighted by Crippen LogP contribution is -2.09. The molecule has 0 radical (unpaired) electrons. The molecule has 0 bridgehead atoms. The second-order valence-corrected chi connectivity index (χ2v) is 4.34. The molecule has 0 aliphatic rings. The molecule has 0 saturated heterocycles. The molecule has 0 amide bonds. The molecule has 1 heterocycles. The minimum atomic E-state index is -0.807. The van der Waals surface area contributed by atoms with E-state index in [9.17, 15) is 9.90 Å². The number of aliphatic carboxylic acids is 1. The Morgan fingerprint density at radius 2 is 1.84 bits per heavy atom. The van der Waals surface area contributed by atoms with Crippen LogP contribution in [0.3, 0.4) is 0 Å². The summed E-state index contributed by atoms with van der Waals surface area (Å²) in [5.74, 6) is -0.807. The highest BCUT2D eigenvalue weighted by Gasteiger charge is 2.10. The number of aromatic nitrogens is 1.